The maximum Gasteiger partial charge on any atom is 0.253 e. The molecule has 0 spiro atoms. The minimum absolute atomic E-state index is 0.0460. The van der Waals surface area contributed by atoms with Crippen molar-refractivity contribution in [2.24, 2.45) is 0 Å². The lowest BCUT2D eigenvalue weighted by atomic mass is 10.1. The number of carbonyl (C=O) groups excluding carboxylic acids is 2. The quantitative estimate of drug-likeness (QED) is 0.720. The second-order valence-corrected chi connectivity index (χ2v) is 8.39. The van der Waals surface area contributed by atoms with Gasteiger partial charge in [-0.05, 0) is 48.5 Å². The summed E-state index contributed by atoms with van der Waals surface area (Å²) in [7, 11) is 0. The number of anilines is 1. The average molecular weight is 432 g/mol. The molecule has 2 amide bonds. The van der Waals surface area contributed by atoms with E-state index in [1.54, 1.807) is 36.0 Å². The van der Waals surface area contributed by atoms with E-state index in [2.05, 4.69) is 17.1 Å². The number of nitrogens with one attached hydrogen (secondary N) is 1. The van der Waals surface area contributed by atoms with Gasteiger partial charge >= 0.3 is 0 Å². The fourth-order valence-electron chi connectivity index (χ4n) is 3.19. The second kappa shape index (κ2) is 10.7. The van der Waals surface area contributed by atoms with Gasteiger partial charge in [-0.15, -0.1) is 11.8 Å². The smallest absolute Gasteiger partial charge is 0.253 e. The first-order valence-electron chi connectivity index (χ1n) is 9.79. The maximum absolute atomic E-state index is 12.6. The van der Waals surface area contributed by atoms with Crippen molar-refractivity contribution in [3.05, 3.63) is 64.7 Å². The Balaban J connectivity index is 1.42. The minimum atomic E-state index is -0.0460. The molecular weight excluding hydrogens is 406 g/mol. The first-order chi connectivity index (χ1) is 14.0. The first kappa shape index (κ1) is 21.7. The number of benzene rings is 2. The Bertz CT molecular complexity index is 819. The highest BCUT2D eigenvalue weighted by Gasteiger charge is 2.21. The van der Waals surface area contributed by atoms with Gasteiger partial charge in [-0.2, -0.15) is 0 Å². The van der Waals surface area contributed by atoms with E-state index in [9.17, 15) is 9.59 Å². The summed E-state index contributed by atoms with van der Waals surface area (Å²) in [5.74, 6) is 1.14. The molecule has 0 atom stereocenters. The predicted octanol–water partition coefficient (Wildman–Crippen LogP) is 3.99. The van der Waals surface area contributed by atoms with Crippen molar-refractivity contribution in [1.82, 2.24) is 9.80 Å². The molecule has 2 aromatic rings. The second-order valence-electron chi connectivity index (χ2n) is 6.97. The van der Waals surface area contributed by atoms with Crippen molar-refractivity contribution in [3.8, 4) is 0 Å². The lowest BCUT2D eigenvalue weighted by molar-refractivity contribution is -0.113. The van der Waals surface area contributed by atoms with Gasteiger partial charge in [-0.25, -0.2) is 0 Å². The summed E-state index contributed by atoms with van der Waals surface area (Å²) in [6, 6.07) is 14.8. The zero-order valence-corrected chi connectivity index (χ0v) is 18.1. The van der Waals surface area contributed by atoms with Crippen LogP contribution in [0, 0.1) is 0 Å². The van der Waals surface area contributed by atoms with Crippen LogP contribution in [0.25, 0.3) is 0 Å². The van der Waals surface area contributed by atoms with E-state index in [1.807, 2.05) is 29.2 Å². The van der Waals surface area contributed by atoms with Crippen LogP contribution in [-0.2, 0) is 10.5 Å². The fourth-order valence-corrected chi connectivity index (χ4v) is 4.10. The van der Waals surface area contributed by atoms with Crippen LogP contribution in [0.2, 0.25) is 5.02 Å². The molecule has 0 unspecified atom stereocenters. The molecule has 0 bridgehead atoms. The van der Waals surface area contributed by atoms with Crippen LogP contribution in [0.5, 0.6) is 0 Å². The molecule has 1 aliphatic rings. The Morgan fingerprint density at radius 2 is 1.66 bits per heavy atom. The Kier molecular flexibility index (Phi) is 7.98. The highest BCUT2D eigenvalue weighted by Crippen LogP contribution is 2.17. The third-order valence-electron chi connectivity index (χ3n) is 4.94. The molecular formula is C22H26ClN3O2S. The van der Waals surface area contributed by atoms with Crippen LogP contribution >= 0.6 is 23.4 Å². The number of hydrogen-bond acceptors (Lipinski definition) is 4. The van der Waals surface area contributed by atoms with Crippen molar-refractivity contribution in [2.75, 3.05) is 43.8 Å². The molecule has 0 aromatic heterocycles. The Morgan fingerprint density at radius 1 is 1.00 bits per heavy atom. The van der Waals surface area contributed by atoms with Crippen LogP contribution < -0.4 is 5.32 Å². The van der Waals surface area contributed by atoms with Crippen LogP contribution in [0.15, 0.2) is 48.5 Å². The molecule has 1 N–H and O–H groups in total. The lowest BCUT2D eigenvalue weighted by Crippen LogP contribution is -2.48. The molecule has 0 radical (unpaired) electrons. The molecule has 154 valence electrons. The van der Waals surface area contributed by atoms with Crippen LogP contribution in [0.3, 0.4) is 0 Å². The monoisotopic (exact) mass is 431 g/mol. The summed E-state index contributed by atoms with van der Waals surface area (Å²) in [6.45, 7) is 6.63. The van der Waals surface area contributed by atoms with E-state index in [4.69, 9.17) is 11.6 Å². The number of halogens is 1. The molecule has 7 heteroatoms. The van der Waals surface area contributed by atoms with Crippen molar-refractivity contribution in [3.63, 3.8) is 0 Å². The van der Waals surface area contributed by atoms with E-state index in [-0.39, 0.29) is 11.8 Å². The summed E-state index contributed by atoms with van der Waals surface area (Å²) < 4.78 is 0. The normalized spacial score (nSPS) is 14.6. The predicted molar refractivity (Wildman–Crippen MR) is 121 cm³/mol. The van der Waals surface area contributed by atoms with Gasteiger partial charge in [0.1, 0.15) is 0 Å². The van der Waals surface area contributed by atoms with Gasteiger partial charge in [0, 0.05) is 48.2 Å². The summed E-state index contributed by atoms with van der Waals surface area (Å²) in [6.07, 6.45) is 0. The van der Waals surface area contributed by atoms with E-state index < -0.39 is 0 Å². The number of amides is 2. The largest absolute Gasteiger partial charge is 0.336 e. The average Bonchev–Trinajstić information content (AvgIpc) is 2.75. The number of hydrogen-bond donors (Lipinski definition) is 1. The third kappa shape index (κ3) is 6.49. The zero-order chi connectivity index (χ0) is 20.6. The maximum atomic E-state index is 12.6. The Morgan fingerprint density at radius 3 is 2.28 bits per heavy atom. The van der Waals surface area contributed by atoms with Crippen LogP contribution in [0.1, 0.15) is 22.8 Å². The Labute approximate surface area is 181 Å². The van der Waals surface area contributed by atoms with Gasteiger partial charge in [0.2, 0.25) is 5.91 Å². The molecule has 29 heavy (non-hydrogen) atoms. The number of nitrogens with zero attached hydrogens (tertiary/aromatic N) is 2. The lowest BCUT2D eigenvalue weighted by Gasteiger charge is -2.34. The molecule has 2 aromatic carbocycles. The molecule has 5 nitrogen and oxygen atoms in total. The van der Waals surface area contributed by atoms with Crippen LogP contribution in [0.4, 0.5) is 5.69 Å². The number of carbonyl (C=O) groups is 2. The van der Waals surface area contributed by atoms with Crippen molar-refractivity contribution in [2.45, 2.75) is 12.7 Å². The van der Waals surface area contributed by atoms with Gasteiger partial charge in [-0.1, -0.05) is 30.7 Å². The first-order valence-corrected chi connectivity index (χ1v) is 11.3. The number of piperazine rings is 1. The number of rotatable bonds is 7. The summed E-state index contributed by atoms with van der Waals surface area (Å²) >= 11 is 7.39. The standard InChI is InChI=1S/C22H26ClN3O2S/c1-2-25-11-13-26(14-12-25)22(28)18-5-3-17(4-6-18)15-29-16-21(27)24-20-9-7-19(23)8-10-20/h3-10H,2,11-16H2,1H3,(H,24,27). The van der Waals surface area contributed by atoms with E-state index in [0.717, 1.165) is 55.3 Å². The highest BCUT2D eigenvalue weighted by atomic mass is 35.5. The molecule has 1 fully saturated rings. The number of likely N-dealkylation sites (N-methyl/N-ethyl adjacent to an activating group) is 1. The number of thioether (sulfide) groups is 1. The van der Waals surface area contributed by atoms with E-state index in [1.165, 1.54) is 0 Å². The van der Waals surface area contributed by atoms with Crippen molar-refractivity contribution >= 4 is 40.9 Å². The van der Waals surface area contributed by atoms with Gasteiger partial charge in [0.25, 0.3) is 5.91 Å². The topological polar surface area (TPSA) is 52.7 Å². The van der Waals surface area contributed by atoms with E-state index >= 15 is 0 Å². The van der Waals surface area contributed by atoms with Gasteiger partial charge in [-0.3, -0.25) is 9.59 Å². The third-order valence-corrected chi connectivity index (χ3v) is 6.19. The molecule has 3 rings (SSSR count). The molecule has 0 aliphatic carbocycles. The summed E-state index contributed by atoms with van der Waals surface area (Å²) in [4.78, 5) is 29.0. The molecule has 1 saturated heterocycles. The summed E-state index contributed by atoms with van der Waals surface area (Å²) in [5, 5.41) is 3.49. The van der Waals surface area contributed by atoms with Crippen molar-refractivity contribution in [1.29, 1.82) is 0 Å². The molecule has 0 saturated carbocycles. The molecule has 1 aliphatic heterocycles. The Hall–Kier alpha value is -2.02. The van der Waals surface area contributed by atoms with E-state index in [0.29, 0.717) is 10.8 Å². The van der Waals surface area contributed by atoms with Gasteiger partial charge in [0.15, 0.2) is 0 Å². The fraction of sp³-hybridized carbons (Fsp3) is 0.364. The van der Waals surface area contributed by atoms with Crippen molar-refractivity contribution < 1.29 is 9.59 Å². The molecule has 1 heterocycles. The highest BCUT2D eigenvalue weighted by molar-refractivity contribution is 7.99. The minimum Gasteiger partial charge on any atom is -0.336 e. The zero-order valence-electron chi connectivity index (χ0n) is 16.6. The SMILES string of the molecule is CCN1CCN(C(=O)c2ccc(CSCC(=O)Nc3ccc(Cl)cc3)cc2)CC1. The van der Waals surface area contributed by atoms with Gasteiger partial charge in [0.05, 0.1) is 5.75 Å². The van der Waals surface area contributed by atoms with Crippen LogP contribution in [-0.4, -0.2) is 60.1 Å². The summed E-state index contributed by atoms with van der Waals surface area (Å²) in [5.41, 5.74) is 2.56. The van der Waals surface area contributed by atoms with Gasteiger partial charge < -0.3 is 15.1 Å².